The van der Waals surface area contributed by atoms with Crippen LogP contribution in [0.3, 0.4) is 0 Å². The van der Waals surface area contributed by atoms with Gasteiger partial charge < -0.3 is 14.4 Å². The summed E-state index contributed by atoms with van der Waals surface area (Å²) in [6.07, 6.45) is 0.617. The van der Waals surface area contributed by atoms with Crippen LogP contribution in [0.2, 0.25) is 0 Å². The van der Waals surface area contributed by atoms with Crippen molar-refractivity contribution in [2.45, 2.75) is 43.8 Å². The average molecular weight is 440 g/mol. The standard InChI is InChI=1S/C20H29N3O6S/c1-14-11-22(12-15(2)29-14)19(24)16-5-4-10-23(13-16)30(26,27)18-8-6-17(7-9-18)21-20(25)28-3/h6-9,14-16H,4-5,10-13H2,1-3H3,(H,21,25)/t14-,15+,16-/m0/s1. The number of benzene rings is 1. The number of hydrogen-bond acceptors (Lipinski definition) is 6. The molecule has 3 rings (SSSR count). The van der Waals surface area contributed by atoms with Crippen molar-refractivity contribution in [3.05, 3.63) is 24.3 Å². The van der Waals surface area contributed by atoms with Crippen molar-refractivity contribution in [1.29, 1.82) is 0 Å². The van der Waals surface area contributed by atoms with Gasteiger partial charge in [-0.1, -0.05) is 0 Å². The zero-order chi connectivity index (χ0) is 21.9. The van der Waals surface area contributed by atoms with Gasteiger partial charge in [0.05, 0.1) is 30.1 Å². The van der Waals surface area contributed by atoms with Gasteiger partial charge in [0.25, 0.3) is 0 Å². The minimum absolute atomic E-state index is 0.00507. The van der Waals surface area contributed by atoms with Gasteiger partial charge in [0.15, 0.2) is 0 Å². The van der Waals surface area contributed by atoms with Crippen molar-refractivity contribution < 1.29 is 27.5 Å². The highest BCUT2D eigenvalue weighted by molar-refractivity contribution is 7.89. The van der Waals surface area contributed by atoms with Crippen LogP contribution in [0.4, 0.5) is 10.5 Å². The molecule has 3 atom stereocenters. The summed E-state index contributed by atoms with van der Waals surface area (Å²) in [6, 6.07) is 5.90. The van der Waals surface area contributed by atoms with Gasteiger partial charge in [-0.15, -0.1) is 0 Å². The molecule has 0 saturated carbocycles. The van der Waals surface area contributed by atoms with Crippen molar-refractivity contribution >= 4 is 27.7 Å². The lowest BCUT2D eigenvalue weighted by atomic mass is 9.97. The molecular formula is C20H29N3O6S. The summed E-state index contributed by atoms with van der Waals surface area (Å²) in [6.45, 7) is 5.48. The van der Waals surface area contributed by atoms with Crippen LogP contribution in [0, 0.1) is 5.92 Å². The molecule has 9 nitrogen and oxygen atoms in total. The Kier molecular flexibility index (Phi) is 6.99. The van der Waals surface area contributed by atoms with Crippen LogP contribution in [0.1, 0.15) is 26.7 Å². The topological polar surface area (TPSA) is 105 Å². The molecule has 0 aromatic heterocycles. The molecule has 0 unspecified atom stereocenters. The van der Waals surface area contributed by atoms with Crippen molar-refractivity contribution in [2.75, 3.05) is 38.6 Å². The van der Waals surface area contributed by atoms with E-state index in [2.05, 4.69) is 10.1 Å². The first-order valence-corrected chi connectivity index (χ1v) is 11.5. The predicted molar refractivity (Wildman–Crippen MR) is 111 cm³/mol. The van der Waals surface area contributed by atoms with Gasteiger partial charge >= 0.3 is 6.09 Å². The van der Waals surface area contributed by atoms with E-state index in [1.807, 2.05) is 13.8 Å². The molecule has 0 bridgehead atoms. The highest BCUT2D eigenvalue weighted by Crippen LogP contribution is 2.27. The summed E-state index contributed by atoms with van der Waals surface area (Å²) in [5.74, 6) is -0.360. The van der Waals surface area contributed by atoms with Gasteiger partial charge in [0.2, 0.25) is 15.9 Å². The Morgan fingerprint density at radius 2 is 1.73 bits per heavy atom. The molecule has 1 N–H and O–H groups in total. The van der Waals surface area contributed by atoms with E-state index in [0.29, 0.717) is 38.2 Å². The van der Waals surface area contributed by atoms with E-state index in [9.17, 15) is 18.0 Å². The fraction of sp³-hybridized carbons (Fsp3) is 0.600. The molecule has 30 heavy (non-hydrogen) atoms. The van der Waals surface area contributed by atoms with Crippen LogP contribution in [-0.2, 0) is 24.3 Å². The minimum atomic E-state index is -3.74. The number of piperidine rings is 1. The molecule has 2 aliphatic heterocycles. The Hall–Kier alpha value is -2.17. The van der Waals surface area contributed by atoms with Crippen LogP contribution in [-0.4, -0.2) is 75.1 Å². The normalized spacial score (nSPS) is 25.6. The third-order valence-corrected chi connectivity index (χ3v) is 7.27. The van der Waals surface area contributed by atoms with E-state index in [-0.39, 0.29) is 35.5 Å². The van der Waals surface area contributed by atoms with Gasteiger partial charge in [-0.05, 0) is 51.0 Å². The second-order valence-corrected chi connectivity index (χ2v) is 9.78. The first-order valence-electron chi connectivity index (χ1n) is 10.1. The molecule has 0 radical (unpaired) electrons. The molecule has 2 saturated heterocycles. The molecule has 2 amide bonds. The minimum Gasteiger partial charge on any atom is -0.453 e. The zero-order valence-electron chi connectivity index (χ0n) is 17.5. The molecule has 1 aromatic rings. The molecule has 2 aliphatic rings. The number of rotatable bonds is 4. The number of nitrogens with zero attached hydrogens (tertiary/aromatic N) is 2. The van der Waals surface area contributed by atoms with Crippen molar-refractivity contribution in [3.63, 3.8) is 0 Å². The third kappa shape index (κ3) is 5.11. The van der Waals surface area contributed by atoms with E-state index >= 15 is 0 Å². The Morgan fingerprint density at radius 1 is 1.10 bits per heavy atom. The number of ether oxygens (including phenoxy) is 2. The van der Waals surface area contributed by atoms with E-state index in [4.69, 9.17) is 4.74 Å². The summed E-state index contributed by atoms with van der Waals surface area (Å²) in [5, 5.41) is 2.49. The lowest BCUT2D eigenvalue weighted by Gasteiger charge is -2.39. The van der Waals surface area contributed by atoms with E-state index in [1.165, 1.54) is 35.7 Å². The number of hydrogen-bond donors (Lipinski definition) is 1. The van der Waals surface area contributed by atoms with Crippen LogP contribution in [0.25, 0.3) is 0 Å². The van der Waals surface area contributed by atoms with E-state index in [1.54, 1.807) is 4.90 Å². The predicted octanol–water partition coefficient (Wildman–Crippen LogP) is 1.90. The molecule has 2 fully saturated rings. The van der Waals surface area contributed by atoms with Gasteiger partial charge in [-0.25, -0.2) is 13.2 Å². The maximum absolute atomic E-state index is 13.1. The van der Waals surface area contributed by atoms with Gasteiger partial charge in [-0.2, -0.15) is 4.31 Å². The largest absolute Gasteiger partial charge is 0.453 e. The number of carbonyl (C=O) groups is 2. The summed E-state index contributed by atoms with van der Waals surface area (Å²) >= 11 is 0. The first-order chi connectivity index (χ1) is 14.2. The Morgan fingerprint density at radius 3 is 2.33 bits per heavy atom. The van der Waals surface area contributed by atoms with Crippen LogP contribution < -0.4 is 5.32 Å². The van der Waals surface area contributed by atoms with Gasteiger partial charge in [0.1, 0.15) is 0 Å². The fourth-order valence-electron chi connectivity index (χ4n) is 4.01. The lowest BCUT2D eigenvalue weighted by Crippen LogP contribution is -2.53. The van der Waals surface area contributed by atoms with Crippen molar-refractivity contribution in [2.24, 2.45) is 5.92 Å². The summed E-state index contributed by atoms with van der Waals surface area (Å²) in [4.78, 5) is 26.2. The van der Waals surface area contributed by atoms with E-state index < -0.39 is 16.1 Å². The fourth-order valence-corrected chi connectivity index (χ4v) is 5.53. The molecule has 1 aromatic carbocycles. The number of amides is 2. The quantitative estimate of drug-likeness (QED) is 0.768. The molecular weight excluding hydrogens is 410 g/mol. The third-order valence-electron chi connectivity index (χ3n) is 5.39. The van der Waals surface area contributed by atoms with Crippen LogP contribution in [0.15, 0.2) is 29.2 Å². The maximum atomic E-state index is 13.1. The average Bonchev–Trinajstić information content (AvgIpc) is 2.73. The molecule has 0 aliphatic carbocycles. The summed E-state index contributed by atoms with van der Waals surface area (Å²) in [5.41, 5.74) is 0.433. The lowest BCUT2D eigenvalue weighted by molar-refractivity contribution is -0.148. The Bertz CT molecular complexity index is 863. The van der Waals surface area contributed by atoms with Gasteiger partial charge in [-0.3, -0.25) is 10.1 Å². The zero-order valence-corrected chi connectivity index (χ0v) is 18.4. The maximum Gasteiger partial charge on any atom is 0.411 e. The molecule has 2 heterocycles. The van der Waals surface area contributed by atoms with Gasteiger partial charge in [0, 0.05) is 31.9 Å². The first kappa shape index (κ1) is 22.5. The molecule has 166 valence electrons. The molecule has 0 spiro atoms. The highest BCUT2D eigenvalue weighted by atomic mass is 32.2. The second-order valence-electron chi connectivity index (χ2n) is 7.84. The monoisotopic (exact) mass is 439 g/mol. The Balaban J connectivity index is 1.69. The summed E-state index contributed by atoms with van der Waals surface area (Å²) in [7, 11) is -2.49. The number of methoxy groups -OCH3 is 1. The van der Waals surface area contributed by atoms with Crippen LogP contribution in [0.5, 0.6) is 0 Å². The molecule has 10 heteroatoms. The number of morpholine rings is 1. The highest BCUT2D eigenvalue weighted by Gasteiger charge is 2.36. The van der Waals surface area contributed by atoms with E-state index in [0.717, 1.165) is 0 Å². The summed E-state index contributed by atoms with van der Waals surface area (Å²) < 4.78 is 37.8. The smallest absolute Gasteiger partial charge is 0.411 e. The van der Waals surface area contributed by atoms with Crippen molar-refractivity contribution in [1.82, 2.24) is 9.21 Å². The number of anilines is 1. The second kappa shape index (κ2) is 9.32. The van der Waals surface area contributed by atoms with Crippen molar-refractivity contribution in [3.8, 4) is 0 Å². The number of sulfonamides is 1. The SMILES string of the molecule is COC(=O)Nc1ccc(S(=O)(=O)N2CCC[C@H](C(=O)N3C[C@@H](C)O[C@@H](C)C3)C2)cc1. The number of carbonyl (C=O) groups excluding carboxylic acids is 2. The van der Waals surface area contributed by atoms with Crippen LogP contribution >= 0.6 is 0 Å². The Labute approximate surface area is 177 Å². The number of nitrogens with one attached hydrogen (secondary N) is 1.